The summed E-state index contributed by atoms with van der Waals surface area (Å²) < 4.78 is 0.991. The molecule has 0 saturated carbocycles. The maximum Gasteiger partial charge on any atom is 0.222 e. The molecule has 2 aliphatic heterocycles. The van der Waals surface area contributed by atoms with Gasteiger partial charge in [0.15, 0.2) is 0 Å². The number of rotatable bonds is 4. The first kappa shape index (κ1) is 15.7. The maximum absolute atomic E-state index is 12.3. The van der Waals surface area contributed by atoms with Crippen LogP contribution in [0, 0.1) is 0 Å². The van der Waals surface area contributed by atoms with Gasteiger partial charge in [0.05, 0.1) is 0 Å². The Morgan fingerprint density at radius 1 is 1.32 bits per heavy atom. The van der Waals surface area contributed by atoms with Gasteiger partial charge >= 0.3 is 0 Å². The number of amides is 1. The van der Waals surface area contributed by atoms with E-state index in [0.29, 0.717) is 18.4 Å². The molecule has 1 aromatic heterocycles. The second kappa shape index (κ2) is 7.42. The van der Waals surface area contributed by atoms with Crippen molar-refractivity contribution >= 4 is 27.7 Å². The Morgan fingerprint density at radius 3 is 2.77 bits per heavy atom. The smallest absolute Gasteiger partial charge is 0.222 e. The molecule has 120 valence electrons. The zero-order valence-electron chi connectivity index (χ0n) is 12.8. The SMILES string of the molecule is O=C(CCC1CCCN1)N1CCN(c2ccc(Br)cn2)CC1. The maximum atomic E-state index is 12.3. The molecule has 3 heterocycles. The third kappa shape index (κ3) is 3.98. The van der Waals surface area contributed by atoms with E-state index in [1.165, 1.54) is 12.8 Å². The van der Waals surface area contributed by atoms with Gasteiger partial charge in [0.2, 0.25) is 5.91 Å². The Morgan fingerprint density at radius 2 is 2.14 bits per heavy atom. The highest BCUT2D eigenvalue weighted by atomic mass is 79.9. The Balaban J connectivity index is 1.44. The lowest BCUT2D eigenvalue weighted by Crippen LogP contribution is -2.49. The number of carbonyl (C=O) groups is 1. The highest BCUT2D eigenvalue weighted by Crippen LogP contribution is 2.17. The van der Waals surface area contributed by atoms with E-state index in [9.17, 15) is 4.79 Å². The van der Waals surface area contributed by atoms with E-state index < -0.39 is 0 Å². The molecule has 0 aliphatic carbocycles. The van der Waals surface area contributed by atoms with Crippen molar-refractivity contribution < 1.29 is 4.79 Å². The molecule has 1 N–H and O–H groups in total. The first-order valence-corrected chi connectivity index (χ1v) is 8.89. The average Bonchev–Trinajstić information content (AvgIpc) is 3.07. The number of carbonyl (C=O) groups excluding carboxylic acids is 1. The Kier molecular flexibility index (Phi) is 5.31. The van der Waals surface area contributed by atoms with Crippen molar-refractivity contribution in [2.24, 2.45) is 0 Å². The van der Waals surface area contributed by atoms with E-state index in [1.54, 1.807) is 0 Å². The van der Waals surface area contributed by atoms with Gasteiger partial charge in [-0.25, -0.2) is 4.98 Å². The quantitative estimate of drug-likeness (QED) is 0.885. The van der Waals surface area contributed by atoms with Crippen LogP contribution in [-0.2, 0) is 4.79 Å². The van der Waals surface area contributed by atoms with Crippen LogP contribution >= 0.6 is 15.9 Å². The monoisotopic (exact) mass is 366 g/mol. The minimum atomic E-state index is 0.303. The van der Waals surface area contributed by atoms with E-state index in [0.717, 1.165) is 49.4 Å². The number of anilines is 1. The molecule has 1 aromatic rings. The summed E-state index contributed by atoms with van der Waals surface area (Å²) in [6, 6.07) is 4.58. The van der Waals surface area contributed by atoms with Gasteiger partial charge in [0, 0.05) is 49.3 Å². The van der Waals surface area contributed by atoms with Crippen LogP contribution in [0.25, 0.3) is 0 Å². The summed E-state index contributed by atoms with van der Waals surface area (Å²) in [6.45, 7) is 4.44. The van der Waals surface area contributed by atoms with E-state index in [2.05, 4.69) is 31.1 Å². The molecule has 5 nitrogen and oxygen atoms in total. The zero-order chi connectivity index (χ0) is 15.4. The van der Waals surface area contributed by atoms with Crippen LogP contribution in [0.2, 0.25) is 0 Å². The van der Waals surface area contributed by atoms with Crippen molar-refractivity contribution in [2.75, 3.05) is 37.6 Å². The molecule has 1 unspecified atom stereocenters. The van der Waals surface area contributed by atoms with Gasteiger partial charge < -0.3 is 15.1 Å². The van der Waals surface area contributed by atoms with Gasteiger partial charge in [-0.1, -0.05) is 0 Å². The summed E-state index contributed by atoms with van der Waals surface area (Å²) in [7, 11) is 0. The lowest BCUT2D eigenvalue weighted by Gasteiger charge is -2.35. The van der Waals surface area contributed by atoms with E-state index in [-0.39, 0.29) is 0 Å². The number of hydrogen-bond donors (Lipinski definition) is 1. The average molecular weight is 367 g/mol. The van der Waals surface area contributed by atoms with Crippen LogP contribution in [0.1, 0.15) is 25.7 Å². The van der Waals surface area contributed by atoms with Crippen LogP contribution < -0.4 is 10.2 Å². The fraction of sp³-hybridized carbons (Fsp3) is 0.625. The lowest BCUT2D eigenvalue weighted by atomic mass is 10.1. The number of pyridine rings is 1. The van der Waals surface area contributed by atoms with Crippen molar-refractivity contribution in [2.45, 2.75) is 31.7 Å². The van der Waals surface area contributed by atoms with Crippen LogP contribution in [0.3, 0.4) is 0 Å². The number of piperazine rings is 1. The minimum Gasteiger partial charge on any atom is -0.353 e. The molecule has 6 heteroatoms. The van der Waals surface area contributed by atoms with Crippen LogP contribution in [0.15, 0.2) is 22.8 Å². The lowest BCUT2D eigenvalue weighted by molar-refractivity contribution is -0.131. The number of halogens is 1. The number of hydrogen-bond acceptors (Lipinski definition) is 4. The van der Waals surface area contributed by atoms with Gasteiger partial charge in [-0.05, 0) is 53.9 Å². The summed E-state index contributed by atoms with van der Waals surface area (Å²) in [4.78, 5) is 21.0. The van der Waals surface area contributed by atoms with E-state index >= 15 is 0 Å². The van der Waals surface area contributed by atoms with Crippen LogP contribution in [0.5, 0.6) is 0 Å². The van der Waals surface area contributed by atoms with E-state index in [4.69, 9.17) is 0 Å². The van der Waals surface area contributed by atoms with Crippen molar-refractivity contribution in [3.8, 4) is 0 Å². The van der Waals surface area contributed by atoms with Gasteiger partial charge in [0.1, 0.15) is 5.82 Å². The fourth-order valence-corrected chi connectivity index (χ4v) is 3.43. The molecule has 3 rings (SSSR count). The molecule has 0 spiro atoms. The molecule has 1 atom stereocenters. The zero-order valence-corrected chi connectivity index (χ0v) is 14.4. The van der Waals surface area contributed by atoms with Crippen LogP contribution in [-0.4, -0.2) is 54.6 Å². The molecule has 0 radical (unpaired) electrons. The number of aromatic nitrogens is 1. The topological polar surface area (TPSA) is 48.5 Å². The summed E-state index contributed by atoms with van der Waals surface area (Å²) >= 11 is 3.40. The molecule has 22 heavy (non-hydrogen) atoms. The molecule has 0 aromatic carbocycles. The summed E-state index contributed by atoms with van der Waals surface area (Å²) in [5, 5.41) is 3.46. The van der Waals surface area contributed by atoms with Gasteiger partial charge in [-0.2, -0.15) is 0 Å². The second-order valence-corrected chi connectivity index (χ2v) is 6.95. The first-order chi connectivity index (χ1) is 10.7. The molecular formula is C16H23BrN4O. The predicted molar refractivity (Wildman–Crippen MR) is 91.0 cm³/mol. The van der Waals surface area contributed by atoms with E-state index in [1.807, 2.05) is 23.2 Å². The van der Waals surface area contributed by atoms with Crippen LogP contribution in [0.4, 0.5) is 5.82 Å². The Bertz CT molecular complexity index is 493. The molecular weight excluding hydrogens is 344 g/mol. The van der Waals surface area contributed by atoms with Gasteiger partial charge in [0.25, 0.3) is 0 Å². The largest absolute Gasteiger partial charge is 0.353 e. The van der Waals surface area contributed by atoms with Crippen molar-refractivity contribution in [3.63, 3.8) is 0 Å². The molecule has 1 amide bonds. The first-order valence-electron chi connectivity index (χ1n) is 8.10. The normalized spacial score (nSPS) is 22.1. The van der Waals surface area contributed by atoms with Gasteiger partial charge in [-0.15, -0.1) is 0 Å². The predicted octanol–water partition coefficient (Wildman–Crippen LogP) is 2.02. The number of nitrogens with one attached hydrogen (secondary N) is 1. The number of nitrogens with zero attached hydrogens (tertiary/aromatic N) is 3. The second-order valence-electron chi connectivity index (χ2n) is 6.03. The van der Waals surface area contributed by atoms with Gasteiger partial charge in [-0.3, -0.25) is 4.79 Å². The van der Waals surface area contributed by atoms with Crippen molar-refractivity contribution in [1.29, 1.82) is 0 Å². The third-order valence-electron chi connectivity index (χ3n) is 4.54. The fourth-order valence-electron chi connectivity index (χ4n) is 3.20. The summed E-state index contributed by atoms with van der Waals surface area (Å²) in [5.74, 6) is 1.29. The minimum absolute atomic E-state index is 0.303. The molecule has 2 saturated heterocycles. The third-order valence-corrected chi connectivity index (χ3v) is 5.01. The molecule has 2 fully saturated rings. The highest BCUT2D eigenvalue weighted by Gasteiger charge is 2.23. The van der Waals surface area contributed by atoms with Crippen molar-refractivity contribution in [3.05, 3.63) is 22.8 Å². The summed E-state index contributed by atoms with van der Waals surface area (Å²) in [5.41, 5.74) is 0. The summed E-state index contributed by atoms with van der Waals surface area (Å²) in [6.07, 6.45) is 5.94. The highest BCUT2D eigenvalue weighted by molar-refractivity contribution is 9.10. The molecule has 0 bridgehead atoms. The standard InChI is InChI=1S/C16H23BrN4O/c17-13-3-5-15(19-12-13)20-8-10-21(11-9-20)16(22)6-4-14-2-1-7-18-14/h3,5,12,14,18H,1-2,4,6-11H2. The Labute approximate surface area is 140 Å². The molecule has 2 aliphatic rings. The Hall–Kier alpha value is -1.14. The van der Waals surface area contributed by atoms with Crippen molar-refractivity contribution in [1.82, 2.24) is 15.2 Å².